The highest BCUT2D eigenvalue weighted by Gasteiger charge is 2.50. The van der Waals surface area contributed by atoms with Crippen LogP contribution in [0.4, 0.5) is 0 Å². The van der Waals surface area contributed by atoms with Crippen LogP contribution in [0, 0.1) is 17.3 Å². The van der Waals surface area contributed by atoms with Crippen LogP contribution in [0.2, 0.25) is 5.02 Å². The largest absolute Gasteiger partial charge is 0.353 e. The third-order valence-electron chi connectivity index (χ3n) is 8.07. The van der Waals surface area contributed by atoms with Gasteiger partial charge in [-0.2, -0.15) is 0 Å². The first kappa shape index (κ1) is 23.3. The van der Waals surface area contributed by atoms with Crippen LogP contribution in [0.25, 0.3) is 0 Å². The highest BCUT2D eigenvalue weighted by Crippen LogP contribution is 2.53. The Bertz CT molecular complexity index is 764. The Labute approximate surface area is 186 Å². The number of nitrogens with one attached hydrogen (secondary N) is 1. The van der Waals surface area contributed by atoms with Gasteiger partial charge in [-0.25, -0.2) is 0 Å². The van der Waals surface area contributed by atoms with Crippen molar-refractivity contribution in [3.63, 3.8) is 0 Å². The molecule has 5 heteroatoms. The summed E-state index contributed by atoms with van der Waals surface area (Å²) in [5.41, 5.74) is 1.37. The average molecular weight is 433 g/mol. The molecule has 3 rings (SSSR count). The number of nitrogens with zero attached hydrogens (tertiary/aromatic N) is 1. The Morgan fingerprint density at radius 2 is 1.73 bits per heavy atom. The predicted octanol–water partition coefficient (Wildman–Crippen LogP) is 4.88. The molecule has 2 saturated carbocycles. The number of hydrogen-bond acceptors (Lipinski definition) is 3. The smallest absolute Gasteiger partial charge is 0.220 e. The lowest BCUT2D eigenvalue weighted by Gasteiger charge is -2.51. The molecule has 0 spiro atoms. The van der Waals surface area contributed by atoms with Crippen molar-refractivity contribution in [1.29, 1.82) is 0 Å². The van der Waals surface area contributed by atoms with Gasteiger partial charge in [0.2, 0.25) is 5.91 Å². The number of hydrogen-bond donors (Lipinski definition) is 1. The third kappa shape index (κ3) is 4.91. The Morgan fingerprint density at radius 3 is 2.23 bits per heavy atom. The van der Waals surface area contributed by atoms with E-state index < -0.39 is 0 Å². The average Bonchev–Trinajstić information content (AvgIpc) is 2.67. The van der Waals surface area contributed by atoms with E-state index in [1.54, 1.807) is 6.92 Å². The van der Waals surface area contributed by atoms with Gasteiger partial charge in [0.15, 0.2) is 0 Å². The second-order valence-corrected chi connectivity index (χ2v) is 10.8. The molecule has 0 radical (unpaired) electrons. The maximum atomic E-state index is 12.7. The van der Waals surface area contributed by atoms with Gasteiger partial charge in [-0.3, -0.25) is 9.59 Å². The lowest BCUT2D eigenvalue weighted by Crippen LogP contribution is -2.53. The SMILES string of the molecule is CC(=O)C1CC(CC(=O)NC2CCC(Cc3ccc(Cl)cc3)(N(C)C)CC2)C1(C)C. The van der Waals surface area contributed by atoms with E-state index in [4.69, 9.17) is 11.6 Å². The summed E-state index contributed by atoms with van der Waals surface area (Å²) in [7, 11) is 4.33. The van der Waals surface area contributed by atoms with Crippen LogP contribution < -0.4 is 5.32 Å². The van der Waals surface area contributed by atoms with E-state index in [-0.39, 0.29) is 34.6 Å². The normalized spacial score (nSPS) is 30.6. The molecule has 2 atom stereocenters. The van der Waals surface area contributed by atoms with Gasteiger partial charge < -0.3 is 10.2 Å². The molecule has 166 valence electrons. The van der Waals surface area contributed by atoms with Gasteiger partial charge in [0.1, 0.15) is 5.78 Å². The number of rotatable bonds is 7. The summed E-state index contributed by atoms with van der Waals surface area (Å²) in [6.45, 7) is 5.93. The molecule has 2 aliphatic rings. The van der Waals surface area contributed by atoms with Crippen molar-refractivity contribution in [2.24, 2.45) is 17.3 Å². The highest BCUT2D eigenvalue weighted by atomic mass is 35.5. The van der Waals surface area contributed by atoms with E-state index >= 15 is 0 Å². The number of benzene rings is 1. The molecular weight excluding hydrogens is 396 g/mol. The van der Waals surface area contributed by atoms with Crippen molar-refractivity contribution in [2.45, 2.75) is 77.3 Å². The van der Waals surface area contributed by atoms with Crippen molar-refractivity contribution >= 4 is 23.3 Å². The Kier molecular flexibility index (Phi) is 6.98. The van der Waals surface area contributed by atoms with Crippen molar-refractivity contribution < 1.29 is 9.59 Å². The third-order valence-corrected chi connectivity index (χ3v) is 8.32. The molecule has 0 heterocycles. The van der Waals surface area contributed by atoms with Gasteiger partial charge in [-0.15, -0.1) is 0 Å². The van der Waals surface area contributed by atoms with E-state index in [1.165, 1.54) is 5.56 Å². The Balaban J connectivity index is 1.52. The summed E-state index contributed by atoms with van der Waals surface area (Å²) in [6.07, 6.45) is 6.52. The number of halogens is 1. The first-order valence-corrected chi connectivity index (χ1v) is 11.6. The van der Waals surface area contributed by atoms with Gasteiger partial charge in [0.25, 0.3) is 0 Å². The zero-order valence-electron chi connectivity index (χ0n) is 19.1. The van der Waals surface area contributed by atoms with E-state index in [1.807, 2.05) is 12.1 Å². The zero-order chi connectivity index (χ0) is 22.1. The fraction of sp³-hybridized carbons (Fsp3) is 0.680. The molecule has 2 unspecified atom stereocenters. The second-order valence-electron chi connectivity index (χ2n) is 10.4. The van der Waals surface area contributed by atoms with Crippen LogP contribution in [0.3, 0.4) is 0 Å². The summed E-state index contributed by atoms with van der Waals surface area (Å²) in [4.78, 5) is 26.8. The van der Waals surface area contributed by atoms with E-state index in [0.29, 0.717) is 12.3 Å². The Morgan fingerprint density at radius 1 is 1.13 bits per heavy atom. The van der Waals surface area contributed by atoms with Crippen LogP contribution >= 0.6 is 11.6 Å². The van der Waals surface area contributed by atoms with Crippen molar-refractivity contribution in [1.82, 2.24) is 10.2 Å². The summed E-state index contributed by atoms with van der Waals surface area (Å²) < 4.78 is 0. The molecule has 1 aromatic carbocycles. The van der Waals surface area contributed by atoms with Crippen molar-refractivity contribution in [2.75, 3.05) is 14.1 Å². The maximum Gasteiger partial charge on any atom is 0.220 e. The predicted molar refractivity (Wildman–Crippen MR) is 123 cm³/mol. The summed E-state index contributed by atoms with van der Waals surface area (Å²) in [5, 5.41) is 4.06. The van der Waals surface area contributed by atoms with Crippen molar-refractivity contribution in [3.8, 4) is 0 Å². The molecular formula is C25H37ClN2O2. The summed E-state index contributed by atoms with van der Waals surface area (Å²) >= 11 is 6.04. The summed E-state index contributed by atoms with van der Waals surface area (Å²) in [5.74, 6) is 0.819. The van der Waals surface area contributed by atoms with Crippen LogP contribution in [-0.2, 0) is 16.0 Å². The molecule has 0 bridgehead atoms. The quantitative estimate of drug-likeness (QED) is 0.667. The number of likely N-dealkylation sites (N-methyl/N-ethyl adjacent to an activating group) is 1. The molecule has 4 nitrogen and oxygen atoms in total. The maximum absolute atomic E-state index is 12.7. The first-order chi connectivity index (χ1) is 14.0. The second kappa shape index (κ2) is 9.00. The molecule has 1 amide bonds. The van der Waals surface area contributed by atoms with Crippen LogP contribution in [0.5, 0.6) is 0 Å². The number of carbonyl (C=O) groups excluding carboxylic acids is 2. The molecule has 0 aromatic heterocycles. The van der Waals surface area contributed by atoms with Crippen LogP contribution in [0.1, 0.15) is 64.9 Å². The molecule has 30 heavy (non-hydrogen) atoms. The van der Waals surface area contributed by atoms with Crippen molar-refractivity contribution in [3.05, 3.63) is 34.9 Å². The van der Waals surface area contributed by atoms with E-state index in [2.05, 4.69) is 50.3 Å². The van der Waals surface area contributed by atoms with Gasteiger partial charge >= 0.3 is 0 Å². The minimum atomic E-state index is -0.0611. The van der Waals surface area contributed by atoms with E-state index in [9.17, 15) is 9.59 Å². The number of Topliss-reactive ketones (excluding diaryl/α,β-unsaturated/α-hetero) is 1. The molecule has 2 aliphatic carbocycles. The lowest BCUT2D eigenvalue weighted by molar-refractivity contribution is -0.141. The van der Waals surface area contributed by atoms with Crippen LogP contribution in [-0.4, -0.2) is 42.3 Å². The minimum absolute atomic E-state index is 0.0611. The topological polar surface area (TPSA) is 49.4 Å². The van der Waals surface area contributed by atoms with E-state index in [0.717, 1.165) is 43.5 Å². The summed E-state index contributed by atoms with van der Waals surface area (Å²) in [6, 6.07) is 8.42. The van der Waals surface area contributed by atoms with Gasteiger partial charge in [0, 0.05) is 28.9 Å². The molecule has 2 fully saturated rings. The van der Waals surface area contributed by atoms with Gasteiger partial charge in [-0.05, 0) is 88.6 Å². The molecule has 0 aliphatic heterocycles. The lowest BCUT2D eigenvalue weighted by atomic mass is 9.52. The first-order valence-electron chi connectivity index (χ1n) is 11.3. The number of carbonyl (C=O) groups is 2. The minimum Gasteiger partial charge on any atom is -0.353 e. The number of ketones is 1. The molecule has 1 aromatic rings. The van der Waals surface area contributed by atoms with Gasteiger partial charge in [-0.1, -0.05) is 37.6 Å². The standard InChI is InChI=1S/C25H37ClN2O2/c1-17(29)22-14-19(24(22,2)3)15-23(30)27-21-10-12-25(13-11-21,28(4)5)16-18-6-8-20(26)9-7-18/h6-9,19,21-22H,10-16H2,1-5H3,(H,27,30). The molecule has 1 N–H and O–H groups in total. The Hall–Kier alpha value is -1.39. The number of amides is 1. The fourth-order valence-electron chi connectivity index (χ4n) is 5.63. The highest BCUT2D eigenvalue weighted by molar-refractivity contribution is 6.30. The fourth-order valence-corrected chi connectivity index (χ4v) is 5.75. The van der Waals surface area contributed by atoms with Gasteiger partial charge in [0.05, 0.1) is 0 Å². The zero-order valence-corrected chi connectivity index (χ0v) is 19.9. The van der Waals surface area contributed by atoms with Crippen LogP contribution in [0.15, 0.2) is 24.3 Å². The molecule has 0 saturated heterocycles. The monoisotopic (exact) mass is 432 g/mol.